The highest BCUT2D eigenvalue weighted by Crippen LogP contribution is 2.32. The SMILES string of the molecule is COc1ccc(-c2nc3cccnc3n2[C@@H]2CCN(C(=O)NC(C)C)C2)cc1. The van der Waals surface area contributed by atoms with Crippen LogP contribution in [-0.2, 0) is 0 Å². The van der Waals surface area contributed by atoms with Crippen LogP contribution in [0.15, 0.2) is 42.6 Å². The summed E-state index contributed by atoms with van der Waals surface area (Å²) in [5.74, 6) is 1.68. The number of nitrogens with one attached hydrogen (secondary N) is 1. The van der Waals surface area contributed by atoms with Crippen molar-refractivity contribution in [2.75, 3.05) is 20.2 Å². The van der Waals surface area contributed by atoms with Crippen molar-refractivity contribution in [1.29, 1.82) is 0 Å². The van der Waals surface area contributed by atoms with Gasteiger partial charge in [-0.05, 0) is 56.7 Å². The van der Waals surface area contributed by atoms with Gasteiger partial charge in [-0.1, -0.05) is 0 Å². The number of benzene rings is 1. The first-order valence-electron chi connectivity index (χ1n) is 9.59. The number of ether oxygens (including phenoxy) is 1. The van der Waals surface area contributed by atoms with Crippen LogP contribution in [0.3, 0.4) is 0 Å². The molecule has 1 saturated heterocycles. The maximum Gasteiger partial charge on any atom is 0.317 e. The lowest BCUT2D eigenvalue weighted by Crippen LogP contribution is -2.41. The third-order valence-electron chi connectivity index (χ3n) is 5.02. The molecule has 1 fully saturated rings. The fraction of sp³-hybridized carbons (Fsp3) is 0.381. The molecule has 2 aromatic heterocycles. The van der Waals surface area contributed by atoms with E-state index in [0.29, 0.717) is 6.54 Å². The zero-order valence-corrected chi connectivity index (χ0v) is 16.4. The van der Waals surface area contributed by atoms with Gasteiger partial charge in [0.1, 0.15) is 17.1 Å². The average molecular weight is 379 g/mol. The topological polar surface area (TPSA) is 72.3 Å². The molecule has 0 bridgehead atoms. The van der Waals surface area contributed by atoms with Gasteiger partial charge < -0.3 is 19.5 Å². The molecular formula is C21H25N5O2. The fourth-order valence-corrected chi connectivity index (χ4v) is 3.69. The number of hydrogen-bond donors (Lipinski definition) is 1. The standard InChI is InChI=1S/C21H25N5O2/c1-14(2)23-21(27)25-12-10-16(13-25)26-19(15-6-8-17(28-3)9-7-15)24-18-5-4-11-22-20(18)26/h4-9,11,14,16H,10,12-13H2,1-3H3,(H,23,27)/t16-/m1/s1. The molecule has 3 heterocycles. The van der Waals surface area contributed by atoms with Crippen molar-refractivity contribution < 1.29 is 9.53 Å². The Labute approximate surface area is 164 Å². The van der Waals surface area contributed by atoms with Crippen LogP contribution in [0.2, 0.25) is 0 Å². The van der Waals surface area contributed by atoms with Crippen molar-refractivity contribution in [2.45, 2.75) is 32.4 Å². The van der Waals surface area contributed by atoms with Crippen LogP contribution < -0.4 is 10.1 Å². The first-order chi connectivity index (χ1) is 13.6. The van der Waals surface area contributed by atoms with Crippen LogP contribution in [0.1, 0.15) is 26.3 Å². The first kappa shape index (κ1) is 18.3. The number of fused-ring (bicyclic) bond motifs is 1. The molecule has 0 aliphatic carbocycles. The lowest BCUT2D eigenvalue weighted by Gasteiger charge is -2.20. The Hall–Kier alpha value is -3.09. The van der Waals surface area contributed by atoms with Crippen molar-refractivity contribution in [3.05, 3.63) is 42.6 Å². The number of nitrogens with zero attached hydrogens (tertiary/aromatic N) is 4. The Morgan fingerprint density at radius 3 is 2.75 bits per heavy atom. The zero-order chi connectivity index (χ0) is 19.7. The van der Waals surface area contributed by atoms with E-state index >= 15 is 0 Å². The van der Waals surface area contributed by atoms with Gasteiger partial charge in [-0.3, -0.25) is 0 Å². The van der Waals surface area contributed by atoms with Crippen molar-refractivity contribution in [2.24, 2.45) is 0 Å². The lowest BCUT2D eigenvalue weighted by atomic mass is 10.2. The van der Waals surface area contributed by atoms with Gasteiger partial charge in [0.25, 0.3) is 0 Å². The minimum atomic E-state index is -0.0131. The van der Waals surface area contributed by atoms with Gasteiger partial charge >= 0.3 is 6.03 Å². The first-order valence-corrected chi connectivity index (χ1v) is 9.59. The number of rotatable bonds is 4. The van der Waals surface area contributed by atoms with Crippen molar-refractivity contribution in [1.82, 2.24) is 24.8 Å². The van der Waals surface area contributed by atoms with Gasteiger partial charge in [0.15, 0.2) is 5.65 Å². The Morgan fingerprint density at radius 1 is 1.25 bits per heavy atom. The molecule has 0 spiro atoms. The second-order valence-corrected chi connectivity index (χ2v) is 7.37. The smallest absolute Gasteiger partial charge is 0.317 e. The second kappa shape index (κ2) is 7.50. The van der Waals surface area contributed by atoms with Gasteiger partial charge in [0.2, 0.25) is 0 Å². The molecule has 146 valence electrons. The normalized spacial score (nSPS) is 16.7. The largest absolute Gasteiger partial charge is 0.497 e. The minimum absolute atomic E-state index is 0.0131. The van der Waals surface area contributed by atoms with E-state index in [9.17, 15) is 4.79 Å². The zero-order valence-electron chi connectivity index (χ0n) is 16.4. The van der Waals surface area contributed by atoms with Crippen LogP contribution >= 0.6 is 0 Å². The van der Waals surface area contributed by atoms with E-state index in [4.69, 9.17) is 9.72 Å². The van der Waals surface area contributed by atoms with E-state index in [-0.39, 0.29) is 18.1 Å². The molecule has 7 heteroatoms. The number of pyridine rings is 1. The van der Waals surface area contributed by atoms with Crippen LogP contribution in [-0.4, -0.2) is 51.7 Å². The summed E-state index contributed by atoms with van der Waals surface area (Å²) in [6.07, 6.45) is 2.66. The van der Waals surface area contributed by atoms with Gasteiger partial charge in [0, 0.05) is 30.9 Å². The van der Waals surface area contributed by atoms with E-state index in [2.05, 4.69) is 14.9 Å². The Balaban J connectivity index is 1.71. The maximum absolute atomic E-state index is 12.4. The predicted molar refractivity (Wildman–Crippen MR) is 108 cm³/mol. The molecule has 1 aliphatic heterocycles. The molecule has 3 aromatic rings. The fourth-order valence-electron chi connectivity index (χ4n) is 3.69. The maximum atomic E-state index is 12.4. The number of hydrogen-bond acceptors (Lipinski definition) is 4. The quantitative estimate of drug-likeness (QED) is 0.753. The van der Waals surface area contributed by atoms with E-state index in [1.807, 2.05) is 55.1 Å². The molecule has 1 atom stereocenters. The second-order valence-electron chi connectivity index (χ2n) is 7.37. The Bertz CT molecular complexity index is 980. The number of urea groups is 1. The monoisotopic (exact) mass is 379 g/mol. The summed E-state index contributed by atoms with van der Waals surface area (Å²) in [7, 11) is 1.66. The summed E-state index contributed by atoms with van der Waals surface area (Å²) in [6.45, 7) is 5.31. The van der Waals surface area contributed by atoms with E-state index < -0.39 is 0 Å². The average Bonchev–Trinajstić information content (AvgIpc) is 3.32. The van der Waals surface area contributed by atoms with Crippen molar-refractivity contribution in [3.8, 4) is 17.1 Å². The summed E-state index contributed by atoms with van der Waals surface area (Å²) in [6, 6.07) is 12.0. The summed E-state index contributed by atoms with van der Waals surface area (Å²) in [5.41, 5.74) is 2.71. The highest BCUT2D eigenvalue weighted by atomic mass is 16.5. The molecule has 0 saturated carbocycles. The number of aromatic nitrogens is 3. The summed E-state index contributed by atoms with van der Waals surface area (Å²) in [5, 5.41) is 2.98. The van der Waals surface area contributed by atoms with E-state index in [1.54, 1.807) is 13.3 Å². The van der Waals surface area contributed by atoms with Crippen LogP contribution in [0, 0.1) is 0 Å². The summed E-state index contributed by atoms with van der Waals surface area (Å²) in [4.78, 5) is 23.7. The molecule has 7 nitrogen and oxygen atoms in total. The van der Waals surface area contributed by atoms with Gasteiger partial charge in [0.05, 0.1) is 13.2 Å². The molecule has 0 unspecified atom stereocenters. The number of imidazole rings is 1. The van der Waals surface area contributed by atoms with Crippen molar-refractivity contribution in [3.63, 3.8) is 0 Å². The van der Waals surface area contributed by atoms with Gasteiger partial charge in [-0.25, -0.2) is 14.8 Å². The number of likely N-dealkylation sites (tertiary alicyclic amines) is 1. The Kier molecular flexibility index (Phi) is 4.90. The lowest BCUT2D eigenvalue weighted by molar-refractivity contribution is 0.204. The summed E-state index contributed by atoms with van der Waals surface area (Å²) >= 11 is 0. The third-order valence-corrected chi connectivity index (χ3v) is 5.02. The number of carbonyl (C=O) groups excluding carboxylic acids is 1. The third kappa shape index (κ3) is 3.40. The van der Waals surface area contributed by atoms with Crippen LogP contribution in [0.5, 0.6) is 5.75 Å². The molecule has 28 heavy (non-hydrogen) atoms. The molecule has 0 radical (unpaired) electrons. The molecule has 1 aromatic carbocycles. The highest BCUT2D eigenvalue weighted by Gasteiger charge is 2.31. The molecular weight excluding hydrogens is 354 g/mol. The van der Waals surface area contributed by atoms with Crippen LogP contribution in [0.25, 0.3) is 22.6 Å². The predicted octanol–water partition coefficient (Wildman–Crippen LogP) is 3.47. The Morgan fingerprint density at radius 2 is 2.04 bits per heavy atom. The number of amides is 2. The molecule has 1 aliphatic rings. The number of methoxy groups -OCH3 is 1. The van der Waals surface area contributed by atoms with E-state index in [0.717, 1.165) is 41.3 Å². The summed E-state index contributed by atoms with van der Waals surface area (Å²) < 4.78 is 7.46. The highest BCUT2D eigenvalue weighted by molar-refractivity contribution is 5.78. The number of carbonyl (C=O) groups is 1. The minimum Gasteiger partial charge on any atom is -0.497 e. The molecule has 4 rings (SSSR count). The van der Waals surface area contributed by atoms with E-state index in [1.165, 1.54) is 0 Å². The molecule has 2 amide bonds. The van der Waals surface area contributed by atoms with Gasteiger partial charge in [-0.15, -0.1) is 0 Å². The molecule has 1 N–H and O–H groups in total. The van der Waals surface area contributed by atoms with Crippen LogP contribution in [0.4, 0.5) is 4.79 Å². The van der Waals surface area contributed by atoms with Crippen molar-refractivity contribution >= 4 is 17.2 Å². The van der Waals surface area contributed by atoms with Gasteiger partial charge in [-0.2, -0.15) is 0 Å².